The van der Waals surface area contributed by atoms with Gasteiger partial charge in [-0.15, -0.1) is 0 Å². The molecule has 4 heterocycles. The minimum Gasteiger partial charge on any atom is -0.354 e. The summed E-state index contributed by atoms with van der Waals surface area (Å²) < 4.78 is 16.4. The van der Waals surface area contributed by atoms with Gasteiger partial charge in [0.2, 0.25) is 5.95 Å². The summed E-state index contributed by atoms with van der Waals surface area (Å²) in [4.78, 5) is 13.4. The van der Waals surface area contributed by atoms with Crippen LogP contribution in [0.15, 0.2) is 30.7 Å². The van der Waals surface area contributed by atoms with Crippen molar-refractivity contribution in [3.05, 3.63) is 59.1 Å². The second-order valence-corrected chi connectivity index (χ2v) is 7.69. The zero-order valence-corrected chi connectivity index (χ0v) is 15.5. The highest BCUT2D eigenvalue weighted by molar-refractivity contribution is 5.84. The zero-order valence-electron chi connectivity index (χ0n) is 15.5. The van der Waals surface area contributed by atoms with E-state index >= 15 is 0 Å². The van der Waals surface area contributed by atoms with Gasteiger partial charge in [0.05, 0.1) is 11.7 Å². The van der Waals surface area contributed by atoms with E-state index in [-0.39, 0.29) is 17.9 Å². The normalized spacial score (nSPS) is 20.4. The summed E-state index contributed by atoms with van der Waals surface area (Å²) in [5, 5.41) is 6.71. The van der Waals surface area contributed by atoms with Crippen molar-refractivity contribution in [2.75, 3.05) is 11.9 Å². The number of fused-ring (bicyclic) bond motifs is 4. The number of hydrogen-bond donors (Lipinski definition) is 2. The third kappa shape index (κ3) is 2.70. The molecular formula is C20H21FN6. The molecule has 138 valence electrons. The highest BCUT2D eigenvalue weighted by atomic mass is 19.1. The van der Waals surface area contributed by atoms with Crippen LogP contribution in [-0.4, -0.2) is 31.9 Å². The van der Waals surface area contributed by atoms with Crippen molar-refractivity contribution in [1.29, 1.82) is 0 Å². The van der Waals surface area contributed by atoms with Crippen LogP contribution in [0.1, 0.15) is 42.4 Å². The molecule has 1 aliphatic carbocycles. The highest BCUT2D eigenvalue weighted by Gasteiger charge is 2.43. The lowest BCUT2D eigenvalue weighted by Gasteiger charge is -2.17. The van der Waals surface area contributed by atoms with Crippen LogP contribution in [0.4, 0.5) is 10.3 Å². The number of halogens is 1. The molecule has 7 heteroatoms. The minimum absolute atomic E-state index is 0.218. The Morgan fingerprint density at radius 3 is 2.96 bits per heavy atom. The molecule has 2 atom stereocenters. The average molecular weight is 364 g/mol. The van der Waals surface area contributed by atoms with Gasteiger partial charge in [0.1, 0.15) is 0 Å². The van der Waals surface area contributed by atoms with Crippen molar-refractivity contribution in [3.63, 3.8) is 0 Å². The molecule has 1 aliphatic heterocycles. The van der Waals surface area contributed by atoms with E-state index in [1.165, 1.54) is 0 Å². The van der Waals surface area contributed by atoms with Crippen LogP contribution in [0.25, 0.3) is 11.2 Å². The molecule has 3 aromatic rings. The summed E-state index contributed by atoms with van der Waals surface area (Å²) in [6.45, 7) is 7.03. The van der Waals surface area contributed by atoms with Gasteiger partial charge < -0.3 is 9.72 Å². The molecule has 1 fully saturated rings. The van der Waals surface area contributed by atoms with Crippen molar-refractivity contribution in [2.24, 2.45) is 5.92 Å². The Morgan fingerprint density at radius 1 is 1.30 bits per heavy atom. The van der Waals surface area contributed by atoms with Gasteiger partial charge in [-0.05, 0) is 24.5 Å². The van der Waals surface area contributed by atoms with Crippen LogP contribution in [0.5, 0.6) is 0 Å². The maximum Gasteiger partial charge on any atom is 0.222 e. The van der Waals surface area contributed by atoms with E-state index in [4.69, 9.17) is 4.98 Å². The van der Waals surface area contributed by atoms with Gasteiger partial charge >= 0.3 is 0 Å². The average Bonchev–Trinajstić information content (AvgIpc) is 3.35. The summed E-state index contributed by atoms with van der Waals surface area (Å²) in [6, 6.07) is 2.00. The van der Waals surface area contributed by atoms with E-state index in [9.17, 15) is 4.39 Å². The molecule has 1 unspecified atom stereocenters. The Kier molecular flexibility index (Phi) is 3.55. The minimum atomic E-state index is -0.329. The summed E-state index contributed by atoms with van der Waals surface area (Å²) in [6.07, 6.45) is 7.60. The Hall–Kier alpha value is -2.80. The van der Waals surface area contributed by atoms with Gasteiger partial charge in [-0.2, -0.15) is 0 Å². The van der Waals surface area contributed by atoms with E-state index < -0.39 is 0 Å². The van der Waals surface area contributed by atoms with E-state index in [1.807, 2.05) is 19.3 Å². The van der Waals surface area contributed by atoms with Crippen LogP contribution in [0, 0.1) is 18.7 Å². The predicted octanol–water partition coefficient (Wildman–Crippen LogP) is 3.10. The zero-order chi connectivity index (χ0) is 18.7. The smallest absolute Gasteiger partial charge is 0.222 e. The fourth-order valence-electron chi connectivity index (χ4n) is 3.60. The molecule has 0 aromatic carbocycles. The molecule has 0 bridgehead atoms. The Morgan fingerprint density at radius 2 is 2.15 bits per heavy atom. The number of aromatic nitrogens is 4. The van der Waals surface area contributed by atoms with Gasteiger partial charge in [-0.25, -0.2) is 19.3 Å². The molecule has 6 nitrogen and oxygen atoms in total. The Bertz CT molecular complexity index is 1080. The molecule has 0 amide bonds. The van der Waals surface area contributed by atoms with Gasteiger partial charge in [-0.3, -0.25) is 5.32 Å². The number of anilines is 1. The molecular weight excluding hydrogens is 343 g/mol. The Balaban J connectivity index is 1.58. The largest absolute Gasteiger partial charge is 0.354 e. The fourth-order valence-corrected chi connectivity index (χ4v) is 3.60. The first-order chi connectivity index (χ1) is 13.0. The van der Waals surface area contributed by atoms with Crippen LogP contribution >= 0.6 is 0 Å². The van der Waals surface area contributed by atoms with Crippen LogP contribution in [0.2, 0.25) is 0 Å². The van der Waals surface area contributed by atoms with Crippen LogP contribution in [0.3, 0.4) is 0 Å². The summed E-state index contributed by atoms with van der Waals surface area (Å²) >= 11 is 0. The molecule has 1 saturated heterocycles. The second kappa shape index (κ2) is 5.85. The van der Waals surface area contributed by atoms with Crippen molar-refractivity contribution in [1.82, 2.24) is 24.7 Å². The number of aryl methyl sites for hydroxylation is 1. The van der Waals surface area contributed by atoms with Crippen molar-refractivity contribution >= 4 is 17.2 Å². The molecule has 0 radical (unpaired) electrons. The van der Waals surface area contributed by atoms with E-state index in [0.717, 1.165) is 34.6 Å². The van der Waals surface area contributed by atoms with Gasteiger partial charge in [0.25, 0.3) is 0 Å². The number of nitrogens with one attached hydrogen (secondary N) is 2. The predicted molar refractivity (Wildman–Crippen MR) is 102 cm³/mol. The SMILES string of the molecule is Cc1cnc2c(F)cc(C3=C[C@@H]4NC4c4nc(NCC(C)C)ncc43)cn12. The lowest BCUT2D eigenvalue weighted by atomic mass is 9.91. The third-order valence-corrected chi connectivity index (χ3v) is 5.10. The molecule has 2 N–H and O–H groups in total. The third-order valence-electron chi connectivity index (χ3n) is 5.10. The monoisotopic (exact) mass is 364 g/mol. The van der Waals surface area contributed by atoms with E-state index in [1.54, 1.807) is 16.7 Å². The highest BCUT2D eigenvalue weighted by Crippen LogP contribution is 2.42. The number of hydrogen-bond acceptors (Lipinski definition) is 5. The van der Waals surface area contributed by atoms with E-state index in [2.05, 4.69) is 40.5 Å². The lowest BCUT2D eigenvalue weighted by Crippen LogP contribution is -2.13. The molecule has 27 heavy (non-hydrogen) atoms. The quantitative estimate of drug-likeness (QED) is 0.696. The van der Waals surface area contributed by atoms with Gasteiger partial charge in [0, 0.05) is 48.0 Å². The molecule has 0 saturated carbocycles. The van der Waals surface area contributed by atoms with E-state index in [0.29, 0.717) is 17.5 Å². The Labute approximate surface area is 156 Å². The van der Waals surface area contributed by atoms with Gasteiger partial charge in [-0.1, -0.05) is 19.9 Å². The first-order valence-electron chi connectivity index (χ1n) is 9.24. The second-order valence-electron chi connectivity index (χ2n) is 7.69. The van der Waals surface area contributed by atoms with Gasteiger partial charge in [0.15, 0.2) is 11.5 Å². The number of rotatable bonds is 4. The summed E-state index contributed by atoms with van der Waals surface area (Å²) in [5.41, 5.74) is 4.94. The topological polar surface area (TPSA) is 77.0 Å². The number of pyridine rings is 1. The van der Waals surface area contributed by atoms with Crippen molar-refractivity contribution in [2.45, 2.75) is 32.9 Å². The maximum atomic E-state index is 14.6. The molecule has 5 rings (SSSR count). The first kappa shape index (κ1) is 16.4. The molecule has 0 spiro atoms. The standard InChI is InChI=1S/C20H21FN6/c1-10(2)6-23-20-24-8-14-13(5-16-18(25-16)17(14)26-20)12-4-15(21)19-22-7-11(3)27(19)9-12/h4-5,7-10,16,18,25H,6H2,1-3H3,(H,23,24,26)/t16-,18?/m0/s1. The summed E-state index contributed by atoms with van der Waals surface area (Å²) in [5.74, 6) is 0.827. The fraction of sp³-hybridized carbons (Fsp3) is 0.350. The summed E-state index contributed by atoms with van der Waals surface area (Å²) in [7, 11) is 0. The first-order valence-corrected chi connectivity index (χ1v) is 9.24. The number of imidazole rings is 1. The van der Waals surface area contributed by atoms with Crippen molar-refractivity contribution < 1.29 is 4.39 Å². The lowest BCUT2D eigenvalue weighted by molar-refractivity contribution is 0.629. The van der Waals surface area contributed by atoms with Crippen molar-refractivity contribution in [3.8, 4) is 0 Å². The molecule has 3 aromatic heterocycles. The van der Waals surface area contributed by atoms with Crippen LogP contribution in [-0.2, 0) is 0 Å². The maximum absolute atomic E-state index is 14.6. The number of nitrogens with zero attached hydrogens (tertiary/aromatic N) is 4. The van der Waals surface area contributed by atoms with Crippen LogP contribution < -0.4 is 10.6 Å². The molecule has 2 aliphatic rings.